The van der Waals surface area contributed by atoms with Crippen LogP contribution in [0, 0.1) is 12.9 Å². The van der Waals surface area contributed by atoms with Gasteiger partial charge in [0.1, 0.15) is 0 Å². The molecule has 0 fully saturated rings. The minimum atomic E-state index is -0.437. The summed E-state index contributed by atoms with van der Waals surface area (Å²) in [6, 6.07) is 9.31. The third kappa shape index (κ3) is 2.23. The van der Waals surface area contributed by atoms with Gasteiger partial charge in [-0.2, -0.15) is 4.39 Å². The van der Waals surface area contributed by atoms with Crippen LogP contribution in [0.4, 0.5) is 4.39 Å². The Morgan fingerprint density at radius 3 is 2.47 bits per heavy atom. The topological polar surface area (TPSA) is 12.9 Å². The Morgan fingerprint density at radius 1 is 1.20 bits per heavy atom. The maximum absolute atomic E-state index is 12.8. The van der Waals surface area contributed by atoms with Gasteiger partial charge < -0.3 is 0 Å². The summed E-state index contributed by atoms with van der Waals surface area (Å²) < 4.78 is 13.8. The first-order valence-electron chi connectivity index (χ1n) is 4.55. The lowest BCUT2D eigenvalue weighted by Gasteiger charge is -2.05. The average molecular weight is 266 g/mol. The molecular formula is C12H9BrFN. The fourth-order valence-electron chi connectivity index (χ4n) is 1.45. The van der Waals surface area contributed by atoms with Crippen LogP contribution >= 0.6 is 15.9 Å². The minimum absolute atomic E-state index is 0.437. The lowest BCUT2D eigenvalue weighted by molar-refractivity contribution is 0.583. The van der Waals surface area contributed by atoms with Crippen molar-refractivity contribution < 1.29 is 4.39 Å². The number of aromatic nitrogens is 1. The second kappa shape index (κ2) is 4.11. The van der Waals surface area contributed by atoms with E-state index in [1.807, 2.05) is 31.2 Å². The highest BCUT2D eigenvalue weighted by molar-refractivity contribution is 9.10. The highest BCUT2D eigenvalue weighted by atomic mass is 79.9. The zero-order valence-electron chi connectivity index (χ0n) is 8.17. The van der Waals surface area contributed by atoms with Crippen molar-refractivity contribution in [1.82, 2.24) is 4.98 Å². The van der Waals surface area contributed by atoms with E-state index < -0.39 is 5.95 Å². The van der Waals surface area contributed by atoms with Crippen LogP contribution in [0.1, 0.15) is 5.56 Å². The van der Waals surface area contributed by atoms with Crippen LogP contribution in [0.25, 0.3) is 11.1 Å². The smallest absolute Gasteiger partial charge is 0.213 e. The molecule has 0 spiro atoms. The van der Waals surface area contributed by atoms with E-state index in [0.717, 1.165) is 21.2 Å². The first-order valence-corrected chi connectivity index (χ1v) is 5.34. The molecule has 0 radical (unpaired) electrons. The highest BCUT2D eigenvalue weighted by Crippen LogP contribution is 2.24. The number of rotatable bonds is 1. The Kier molecular flexibility index (Phi) is 2.82. The number of nitrogens with zero attached hydrogens (tertiary/aromatic N) is 1. The summed E-state index contributed by atoms with van der Waals surface area (Å²) in [7, 11) is 0. The third-order valence-corrected chi connectivity index (χ3v) is 2.76. The molecule has 1 aromatic carbocycles. The van der Waals surface area contributed by atoms with Gasteiger partial charge in [0.05, 0.1) is 0 Å². The molecule has 2 rings (SSSR count). The molecule has 15 heavy (non-hydrogen) atoms. The van der Waals surface area contributed by atoms with Crippen molar-refractivity contribution in [2.75, 3.05) is 0 Å². The fraction of sp³-hybridized carbons (Fsp3) is 0.0833. The molecule has 0 N–H and O–H groups in total. The molecule has 0 aliphatic rings. The van der Waals surface area contributed by atoms with E-state index in [0.29, 0.717) is 0 Å². The Labute approximate surface area is 96.1 Å². The van der Waals surface area contributed by atoms with E-state index in [4.69, 9.17) is 0 Å². The lowest BCUT2D eigenvalue weighted by atomic mass is 10.0. The molecule has 1 nitrogen and oxygen atoms in total. The van der Waals surface area contributed by atoms with Gasteiger partial charge in [-0.3, -0.25) is 0 Å². The van der Waals surface area contributed by atoms with Gasteiger partial charge in [0, 0.05) is 16.2 Å². The zero-order chi connectivity index (χ0) is 10.8. The van der Waals surface area contributed by atoms with Gasteiger partial charge in [-0.25, -0.2) is 4.98 Å². The van der Waals surface area contributed by atoms with Gasteiger partial charge in [-0.15, -0.1) is 0 Å². The number of benzene rings is 1. The van der Waals surface area contributed by atoms with Crippen LogP contribution in [0.2, 0.25) is 0 Å². The second-order valence-corrected chi connectivity index (χ2v) is 4.24. The molecule has 2 aromatic rings. The van der Waals surface area contributed by atoms with Crippen LogP contribution in [0.15, 0.2) is 41.0 Å². The van der Waals surface area contributed by atoms with E-state index in [2.05, 4.69) is 20.9 Å². The molecule has 0 saturated carbocycles. The molecule has 0 unspecified atom stereocenters. The van der Waals surface area contributed by atoms with Crippen LogP contribution in [-0.2, 0) is 0 Å². The first kappa shape index (κ1) is 10.3. The van der Waals surface area contributed by atoms with Crippen molar-refractivity contribution in [1.29, 1.82) is 0 Å². The number of pyridine rings is 1. The van der Waals surface area contributed by atoms with Gasteiger partial charge in [-0.05, 0) is 36.2 Å². The van der Waals surface area contributed by atoms with Crippen molar-refractivity contribution in [3.63, 3.8) is 0 Å². The molecule has 0 bridgehead atoms. The Hall–Kier alpha value is -1.22. The molecular weight excluding hydrogens is 257 g/mol. The van der Waals surface area contributed by atoms with Gasteiger partial charge in [-0.1, -0.05) is 28.1 Å². The number of hydrogen-bond donors (Lipinski definition) is 0. The third-order valence-electron chi connectivity index (χ3n) is 2.23. The molecule has 0 aliphatic carbocycles. The monoisotopic (exact) mass is 265 g/mol. The van der Waals surface area contributed by atoms with Crippen LogP contribution in [-0.4, -0.2) is 4.98 Å². The SMILES string of the molecule is Cc1cc(F)ncc1-c1ccc(Br)cc1. The summed E-state index contributed by atoms with van der Waals surface area (Å²) in [5.41, 5.74) is 2.90. The number of halogens is 2. The summed E-state index contributed by atoms with van der Waals surface area (Å²) in [5, 5.41) is 0. The molecule has 76 valence electrons. The first-order chi connectivity index (χ1) is 7.16. The van der Waals surface area contributed by atoms with Gasteiger partial charge >= 0.3 is 0 Å². The maximum Gasteiger partial charge on any atom is 0.213 e. The molecule has 1 heterocycles. The summed E-state index contributed by atoms with van der Waals surface area (Å²) in [6.45, 7) is 1.88. The van der Waals surface area contributed by atoms with Gasteiger partial charge in [0.15, 0.2) is 0 Å². The van der Waals surface area contributed by atoms with Crippen molar-refractivity contribution in [3.05, 3.63) is 52.5 Å². The Morgan fingerprint density at radius 2 is 1.87 bits per heavy atom. The summed E-state index contributed by atoms with van der Waals surface area (Å²) in [6.07, 6.45) is 1.56. The van der Waals surface area contributed by atoms with Crippen molar-refractivity contribution in [3.8, 4) is 11.1 Å². The standard InChI is InChI=1S/C12H9BrFN/c1-8-6-12(14)15-7-11(8)9-2-4-10(13)5-3-9/h2-7H,1H3. The van der Waals surface area contributed by atoms with E-state index in [1.54, 1.807) is 6.20 Å². The Bertz CT molecular complexity index is 479. The van der Waals surface area contributed by atoms with E-state index in [1.165, 1.54) is 6.07 Å². The molecule has 1 aromatic heterocycles. The summed E-state index contributed by atoms with van der Waals surface area (Å²) in [4.78, 5) is 3.66. The predicted octanol–water partition coefficient (Wildman–Crippen LogP) is 3.96. The molecule has 0 saturated heterocycles. The van der Waals surface area contributed by atoms with E-state index in [-0.39, 0.29) is 0 Å². The van der Waals surface area contributed by atoms with Crippen molar-refractivity contribution in [2.24, 2.45) is 0 Å². The Balaban J connectivity index is 2.49. The largest absolute Gasteiger partial charge is 0.228 e. The molecule has 0 aliphatic heterocycles. The zero-order valence-corrected chi connectivity index (χ0v) is 9.75. The molecule has 0 amide bonds. The predicted molar refractivity (Wildman–Crippen MR) is 62.1 cm³/mol. The normalized spacial score (nSPS) is 10.3. The van der Waals surface area contributed by atoms with Crippen LogP contribution in [0.3, 0.4) is 0 Å². The summed E-state index contributed by atoms with van der Waals surface area (Å²) in [5.74, 6) is -0.437. The minimum Gasteiger partial charge on any atom is -0.228 e. The van der Waals surface area contributed by atoms with Crippen molar-refractivity contribution in [2.45, 2.75) is 6.92 Å². The molecule has 3 heteroatoms. The molecule has 0 atom stereocenters. The highest BCUT2D eigenvalue weighted by Gasteiger charge is 2.03. The van der Waals surface area contributed by atoms with Crippen LogP contribution in [0.5, 0.6) is 0 Å². The average Bonchev–Trinajstić information content (AvgIpc) is 2.20. The fourth-order valence-corrected chi connectivity index (χ4v) is 1.72. The maximum atomic E-state index is 12.8. The van der Waals surface area contributed by atoms with E-state index in [9.17, 15) is 4.39 Å². The van der Waals surface area contributed by atoms with Gasteiger partial charge in [0.25, 0.3) is 0 Å². The van der Waals surface area contributed by atoms with Gasteiger partial charge in [0.2, 0.25) is 5.95 Å². The summed E-state index contributed by atoms with van der Waals surface area (Å²) >= 11 is 3.37. The van der Waals surface area contributed by atoms with E-state index >= 15 is 0 Å². The lowest BCUT2D eigenvalue weighted by Crippen LogP contribution is -1.88. The van der Waals surface area contributed by atoms with Crippen molar-refractivity contribution >= 4 is 15.9 Å². The quantitative estimate of drug-likeness (QED) is 0.712. The number of aryl methyl sites for hydroxylation is 1. The number of hydrogen-bond acceptors (Lipinski definition) is 1. The second-order valence-electron chi connectivity index (χ2n) is 3.33. The van der Waals surface area contributed by atoms with Crippen LogP contribution < -0.4 is 0 Å².